The molecule has 0 heterocycles. The maximum atomic E-state index is 11.4. The first-order chi connectivity index (χ1) is 10.4. The van der Waals surface area contributed by atoms with Gasteiger partial charge in [0.25, 0.3) is 0 Å². The lowest BCUT2D eigenvalue weighted by Gasteiger charge is -2.53. The van der Waals surface area contributed by atoms with Crippen molar-refractivity contribution < 1.29 is 9.46 Å². The van der Waals surface area contributed by atoms with Gasteiger partial charge in [0.2, 0.25) is 5.31 Å². The second-order valence-electron chi connectivity index (χ2n) is 8.27. The molecule has 0 bridgehead atoms. The van der Waals surface area contributed by atoms with Crippen LogP contribution in [0, 0.1) is 28.6 Å². The van der Waals surface area contributed by atoms with E-state index in [2.05, 4.69) is 32.1 Å². The molecule has 118 valence electrons. The largest absolute Gasteiger partial charge is 0.541 e. The van der Waals surface area contributed by atoms with Gasteiger partial charge in [0.15, 0.2) is 0 Å². The van der Waals surface area contributed by atoms with Gasteiger partial charge in [-0.3, -0.25) is 0 Å². The molecule has 6 atom stereocenters. The normalized spacial score (nSPS) is 47.0. The summed E-state index contributed by atoms with van der Waals surface area (Å²) in [5, 5.41) is 0.739. The molecular weight excluding hydrogens is 291 g/mol. The van der Waals surface area contributed by atoms with Crippen LogP contribution in [0.1, 0.15) is 52.4 Å². The summed E-state index contributed by atoms with van der Waals surface area (Å²) in [6.45, 7) is 4.84. The van der Waals surface area contributed by atoms with Gasteiger partial charge in [-0.05, 0) is 70.5 Å². The fourth-order valence-electron chi connectivity index (χ4n) is 5.85. The maximum Gasteiger partial charge on any atom is 0.541 e. The van der Waals surface area contributed by atoms with E-state index in [0.717, 1.165) is 36.4 Å². The van der Waals surface area contributed by atoms with Crippen molar-refractivity contribution in [3.63, 3.8) is 0 Å². The second kappa shape index (κ2) is 4.89. The molecule has 2 nitrogen and oxygen atoms in total. The molecule has 0 aromatic carbocycles. The molecule has 4 aliphatic rings. The molecule has 0 amide bonds. The maximum absolute atomic E-state index is 11.4. The zero-order valence-corrected chi connectivity index (χ0v) is 14.5. The van der Waals surface area contributed by atoms with Crippen LogP contribution in [-0.4, -0.2) is 4.89 Å². The highest BCUT2D eigenvalue weighted by molar-refractivity contribution is 7.43. The summed E-state index contributed by atoms with van der Waals surface area (Å²) in [4.78, 5) is 9.44. The Hall–Kier alpha value is -0.720. The highest BCUT2D eigenvalue weighted by Crippen LogP contribution is 2.62. The fraction of sp³-hybridized carbons (Fsp3) is 0.684. The minimum atomic E-state index is -2.16. The van der Waals surface area contributed by atoms with Gasteiger partial charge >= 0.3 is 8.03 Å². The quantitative estimate of drug-likeness (QED) is 0.523. The van der Waals surface area contributed by atoms with Crippen molar-refractivity contribution in [2.24, 2.45) is 28.6 Å². The van der Waals surface area contributed by atoms with Gasteiger partial charge in [-0.2, -0.15) is 4.89 Å². The van der Waals surface area contributed by atoms with Crippen LogP contribution in [-0.2, 0) is 4.57 Å². The fourth-order valence-corrected chi connectivity index (χ4v) is 6.41. The molecule has 0 saturated heterocycles. The highest BCUT2D eigenvalue weighted by atomic mass is 31.1. The average Bonchev–Trinajstić information content (AvgIpc) is 2.88. The summed E-state index contributed by atoms with van der Waals surface area (Å²) in [6, 6.07) is 0. The lowest BCUT2D eigenvalue weighted by atomic mass is 9.51. The van der Waals surface area contributed by atoms with Crippen LogP contribution in [0.5, 0.6) is 0 Å². The predicted molar refractivity (Wildman–Crippen MR) is 89.5 cm³/mol. The van der Waals surface area contributed by atoms with Gasteiger partial charge in [-0.25, -0.2) is 0 Å². The first-order valence-corrected chi connectivity index (χ1v) is 9.92. The summed E-state index contributed by atoms with van der Waals surface area (Å²) < 4.78 is 11.4. The van der Waals surface area contributed by atoms with Crippen LogP contribution in [0.15, 0.2) is 35.2 Å². The van der Waals surface area contributed by atoms with Crippen LogP contribution >= 0.6 is 8.03 Å². The Morgan fingerprint density at radius 2 is 2.14 bits per heavy atom. The molecule has 22 heavy (non-hydrogen) atoms. The van der Waals surface area contributed by atoms with Crippen molar-refractivity contribution in [3.8, 4) is 0 Å². The third kappa shape index (κ3) is 1.96. The first-order valence-electron chi connectivity index (χ1n) is 8.71. The Bertz CT molecular complexity index is 617. The summed E-state index contributed by atoms with van der Waals surface area (Å²) in [7, 11) is -2.16. The lowest BCUT2D eigenvalue weighted by molar-refractivity contribution is 0.0724. The molecule has 1 N–H and O–H groups in total. The van der Waals surface area contributed by atoms with Gasteiger partial charge < -0.3 is 0 Å². The van der Waals surface area contributed by atoms with Crippen molar-refractivity contribution in [3.05, 3.63) is 35.2 Å². The van der Waals surface area contributed by atoms with E-state index in [4.69, 9.17) is 0 Å². The smallest absolute Gasteiger partial charge is 0.156 e. The molecule has 0 aromatic heterocycles. The van der Waals surface area contributed by atoms with Crippen LogP contribution in [0.25, 0.3) is 0 Å². The monoisotopic (exact) mass is 317 g/mol. The molecule has 3 heteroatoms. The lowest BCUT2D eigenvalue weighted by Crippen LogP contribution is -2.45. The van der Waals surface area contributed by atoms with E-state index in [9.17, 15) is 9.46 Å². The Labute approximate surface area is 134 Å². The molecule has 4 aliphatic carbocycles. The molecule has 0 aliphatic heterocycles. The zero-order valence-electron chi connectivity index (χ0n) is 13.6. The molecule has 4 unspecified atom stereocenters. The third-order valence-electron chi connectivity index (χ3n) is 7.21. The van der Waals surface area contributed by atoms with Crippen molar-refractivity contribution in [2.75, 3.05) is 0 Å². The molecule has 0 aromatic rings. The van der Waals surface area contributed by atoms with Crippen LogP contribution < -0.4 is 0 Å². The van der Waals surface area contributed by atoms with Crippen LogP contribution in [0.4, 0.5) is 0 Å². The number of allylic oxidation sites excluding steroid dienone is 6. The van der Waals surface area contributed by atoms with E-state index in [1.165, 1.54) is 24.8 Å². The van der Waals surface area contributed by atoms with Crippen molar-refractivity contribution >= 4 is 8.03 Å². The van der Waals surface area contributed by atoms with Gasteiger partial charge in [0.05, 0.1) is 0 Å². The predicted octanol–water partition coefficient (Wildman–Crippen LogP) is 5.34. The Morgan fingerprint density at radius 3 is 2.91 bits per heavy atom. The molecule has 4 rings (SSSR count). The summed E-state index contributed by atoms with van der Waals surface area (Å²) in [5.74, 6) is 2.21. The molecule has 1 fully saturated rings. The average molecular weight is 317 g/mol. The molecule has 1 saturated carbocycles. The summed E-state index contributed by atoms with van der Waals surface area (Å²) in [5.41, 5.74) is 1.91. The van der Waals surface area contributed by atoms with E-state index in [-0.39, 0.29) is 5.41 Å². The number of fused-ring (bicyclic) bond motifs is 5. The minimum absolute atomic E-state index is 0.165. The Kier molecular flexibility index (Phi) is 3.30. The standard InChI is InChI=1S/C19H25O2P/c1-18-9-3-4-16(18)15-6-5-13-12-14(22(20)21)7-11-19(13,2)17(15)8-10-18/h5,8,10,12,15-17H,3-4,6-7,9,11H2,1-2H3/p+1/t15?,16?,17?,18-,19-/m0/s1. The number of hydrogen-bond donors (Lipinski definition) is 1. The molecule has 0 spiro atoms. The van der Waals surface area contributed by atoms with Gasteiger partial charge in [0.1, 0.15) is 0 Å². The van der Waals surface area contributed by atoms with Crippen LogP contribution in [0.3, 0.4) is 0 Å². The zero-order chi connectivity index (χ0) is 15.5. The van der Waals surface area contributed by atoms with Crippen molar-refractivity contribution in [1.82, 2.24) is 0 Å². The SMILES string of the molecule is C[C@]12CCC([P+](=O)O)=CC1=CCC1C2C=C[C@]2(C)CCCC12. The molecular formula is C19H26O2P+. The Balaban J connectivity index is 1.74. The van der Waals surface area contributed by atoms with Crippen LogP contribution in [0.2, 0.25) is 0 Å². The van der Waals surface area contributed by atoms with E-state index < -0.39 is 8.03 Å². The van der Waals surface area contributed by atoms with Gasteiger partial charge in [-0.1, -0.05) is 38.5 Å². The van der Waals surface area contributed by atoms with Gasteiger partial charge in [0, 0.05) is 6.42 Å². The molecule has 0 radical (unpaired) electrons. The highest BCUT2D eigenvalue weighted by Gasteiger charge is 2.53. The minimum Gasteiger partial charge on any atom is -0.156 e. The number of hydrogen-bond acceptors (Lipinski definition) is 1. The van der Waals surface area contributed by atoms with Crippen molar-refractivity contribution in [2.45, 2.75) is 52.4 Å². The summed E-state index contributed by atoms with van der Waals surface area (Å²) >= 11 is 0. The first kappa shape index (κ1) is 14.8. The van der Waals surface area contributed by atoms with E-state index in [1.54, 1.807) is 0 Å². The topological polar surface area (TPSA) is 37.3 Å². The number of rotatable bonds is 1. The van der Waals surface area contributed by atoms with Crippen molar-refractivity contribution in [1.29, 1.82) is 0 Å². The summed E-state index contributed by atoms with van der Waals surface area (Å²) in [6.07, 6.45) is 16.5. The van der Waals surface area contributed by atoms with E-state index >= 15 is 0 Å². The Morgan fingerprint density at radius 1 is 1.32 bits per heavy atom. The van der Waals surface area contributed by atoms with E-state index in [0.29, 0.717) is 11.3 Å². The second-order valence-corrected chi connectivity index (χ2v) is 9.39. The van der Waals surface area contributed by atoms with Gasteiger partial charge in [-0.15, -0.1) is 0 Å². The third-order valence-corrected chi connectivity index (χ3v) is 8.06. The van der Waals surface area contributed by atoms with E-state index in [1.807, 2.05) is 6.08 Å².